The monoisotopic (exact) mass is 356 g/mol. The zero-order valence-corrected chi connectivity index (χ0v) is 13.5. The van der Waals surface area contributed by atoms with E-state index in [1.807, 2.05) is 0 Å². The minimum Gasteiger partial charge on any atom is -0.493 e. The van der Waals surface area contributed by atoms with Crippen LogP contribution in [0.2, 0.25) is 5.02 Å². The molecule has 0 aliphatic carbocycles. The molecule has 120 valence electrons. The Morgan fingerprint density at radius 1 is 1.22 bits per heavy atom. The van der Waals surface area contributed by atoms with E-state index in [4.69, 9.17) is 26.8 Å². The highest BCUT2D eigenvalue weighted by Gasteiger charge is 2.16. The average molecular weight is 357 g/mol. The Kier molecular flexibility index (Phi) is 4.23. The maximum Gasteiger partial charge on any atom is 0.163 e. The van der Waals surface area contributed by atoms with E-state index in [1.165, 1.54) is 30.6 Å². The number of anilines is 1. The van der Waals surface area contributed by atoms with E-state index in [0.717, 1.165) is 6.07 Å². The summed E-state index contributed by atoms with van der Waals surface area (Å²) in [6, 6.07) is 3.62. The Labute approximate surface area is 139 Å². The Morgan fingerprint density at radius 2 is 2.00 bits per heavy atom. The number of benzene rings is 2. The molecule has 0 radical (unpaired) electrons. The highest BCUT2D eigenvalue weighted by atomic mass is 35.5. The molecular formula is C15H11ClF2N2O2S. The fraction of sp³-hybridized carbons (Fsp3) is 0.133. The van der Waals surface area contributed by atoms with Crippen molar-refractivity contribution in [2.75, 3.05) is 12.8 Å². The van der Waals surface area contributed by atoms with Gasteiger partial charge in [0.15, 0.2) is 11.5 Å². The zero-order valence-electron chi connectivity index (χ0n) is 11.9. The molecule has 0 aliphatic rings. The van der Waals surface area contributed by atoms with Crippen molar-refractivity contribution in [2.45, 2.75) is 6.61 Å². The van der Waals surface area contributed by atoms with Crippen LogP contribution >= 0.6 is 22.9 Å². The number of nitrogens with two attached hydrogens (primary N) is 1. The summed E-state index contributed by atoms with van der Waals surface area (Å²) in [5.74, 6) is -0.763. The molecule has 0 saturated carbocycles. The van der Waals surface area contributed by atoms with Gasteiger partial charge in [-0.05, 0) is 6.07 Å². The molecule has 2 aromatic carbocycles. The summed E-state index contributed by atoms with van der Waals surface area (Å²) in [7, 11) is 1.37. The number of nitrogens with zero attached hydrogens (tertiary/aromatic N) is 1. The predicted octanol–water partition coefficient (Wildman–Crippen LogP) is 4.40. The first-order chi connectivity index (χ1) is 11.0. The summed E-state index contributed by atoms with van der Waals surface area (Å²) >= 11 is 7.30. The second-order valence-corrected chi connectivity index (χ2v) is 5.92. The second-order valence-electron chi connectivity index (χ2n) is 4.66. The number of halogens is 3. The molecule has 23 heavy (non-hydrogen) atoms. The molecule has 0 unspecified atom stereocenters. The van der Waals surface area contributed by atoms with E-state index in [9.17, 15) is 8.78 Å². The third-order valence-electron chi connectivity index (χ3n) is 3.27. The summed E-state index contributed by atoms with van der Waals surface area (Å²) < 4.78 is 38.9. The number of hydrogen-bond donors (Lipinski definition) is 1. The van der Waals surface area contributed by atoms with Crippen LogP contribution in [-0.4, -0.2) is 12.1 Å². The second kappa shape index (κ2) is 6.17. The van der Waals surface area contributed by atoms with Crippen molar-refractivity contribution in [1.29, 1.82) is 0 Å². The highest BCUT2D eigenvalue weighted by Crippen LogP contribution is 2.35. The maximum absolute atomic E-state index is 14.2. The smallest absolute Gasteiger partial charge is 0.163 e. The van der Waals surface area contributed by atoms with Crippen molar-refractivity contribution in [3.63, 3.8) is 0 Å². The van der Waals surface area contributed by atoms with Gasteiger partial charge in [-0.1, -0.05) is 11.6 Å². The number of ether oxygens (including phenoxy) is 2. The van der Waals surface area contributed by atoms with Crippen LogP contribution < -0.4 is 15.2 Å². The van der Waals surface area contributed by atoms with E-state index < -0.39 is 11.6 Å². The lowest BCUT2D eigenvalue weighted by atomic mass is 10.2. The molecule has 3 rings (SSSR count). The third kappa shape index (κ3) is 2.89. The summed E-state index contributed by atoms with van der Waals surface area (Å²) in [5, 5.41) is 0.298. The molecule has 8 heteroatoms. The molecule has 0 amide bonds. The Balaban J connectivity index is 1.96. The number of rotatable bonds is 4. The van der Waals surface area contributed by atoms with Crippen LogP contribution in [0, 0.1) is 11.6 Å². The largest absolute Gasteiger partial charge is 0.493 e. The van der Waals surface area contributed by atoms with Gasteiger partial charge < -0.3 is 15.2 Å². The lowest BCUT2D eigenvalue weighted by Crippen LogP contribution is -2.03. The number of nitrogen functional groups attached to an aromatic ring is 1. The van der Waals surface area contributed by atoms with Gasteiger partial charge in [0.1, 0.15) is 18.2 Å². The van der Waals surface area contributed by atoms with Crippen LogP contribution in [-0.2, 0) is 6.61 Å². The zero-order chi connectivity index (χ0) is 16.6. The van der Waals surface area contributed by atoms with Gasteiger partial charge in [-0.15, -0.1) is 11.3 Å². The quantitative estimate of drug-likeness (QED) is 0.704. The summed E-state index contributed by atoms with van der Waals surface area (Å²) in [4.78, 5) is 4.12. The van der Waals surface area contributed by atoms with Crippen LogP contribution in [0.3, 0.4) is 0 Å². The number of aromatic nitrogens is 1. The van der Waals surface area contributed by atoms with Crippen LogP contribution in [0.4, 0.5) is 14.5 Å². The average Bonchev–Trinajstić information content (AvgIpc) is 3.00. The molecule has 0 bridgehead atoms. The van der Waals surface area contributed by atoms with Gasteiger partial charge in [-0.3, -0.25) is 0 Å². The van der Waals surface area contributed by atoms with Gasteiger partial charge >= 0.3 is 0 Å². The molecule has 0 fully saturated rings. The number of methoxy groups -OCH3 is 1. The molecule has 0 aliphatic heterocycles. The maximum atomic E-state index is 14.2. The Hall–Kier alpha value is -2.12. The summed E-state index contributed by atoms with van der Waals surface area (Å²) in [6.45, 7) is -0.120. The van der Waals surface area contributed by atoms with Crippen LogP contribution in [0.15, 0.2) is 23.7 Å². The highest BCUT2D eigenvalue weighted by molar-refractivity contribution is 7.17. The van der Waals surface area contributed by atoms with Crippen LogP contribution in [0.1, 0.15) is 5.56 Å². The van der Waals surface area contributed by atoms with Crippen molar-refractivity contribution in [1.82, 2.24) is 4.98 Å². The summed E-state index contributed by atoms with van der Waals surface area (Å²) in [6.07, 6.45) is 0. The van der Waals surface area contributed by atoms with E-state index in [1.54, 1.807) is 5.51 Å². The lowest BCUT2D eigenvalue weighted by molar-refractivity contribution is 0.280. The topological polar surface area (TPSA) is 57.4 Å². The predicted molar refractivity (Wildman–Crippen MR) is 86.3 cm³/mol. The molecule has 0 atom stereocenters. The normalized spacial score (nSPS) is 11.0. The number of hydrogen-bond acceptors (Lipinski definition) is 5. The van der Waals surface area contributed by atoms with Gasteiger partial charge in [0, 0.05) is 12.1 Å². The third-order valence-corrected chi connectivity index (χ3v) is 4.54. The van der Waals surface area contributed by atoms with E-state index in [-0.39, 0.29) is 29.4 Å². The first-order valence-electron chi connectivity index (χ1n) is 6.47. The van der Waals surface area contributed by atoms with Crippen molar-refractivity contribution in [3.05, 3.63) is 45.9 Å². The molecule has 0 saturated heterocycles. The number of fused-ring (bicyclic) bond motifs is 1. The van der Waals surface area contributed by atoms with Crippen molar-refractivity contribution >= 4 is 38.8 Å². The van der Waals surface area contributed by atoms with Crippen LogP contribution in [0.25, 0.3) is 10.2 Å². The minimum atomic E-state index is -0.617. The van der Waals surface area contributed by atoms with Gasteiger partial charge in [-0.2, -0.15) is 0 Å². The molecular weight excluding hydrogens is 346 g/mol. The summed E-state index contributed by atoms with van der Waals surface area (Å²) in [5.41, 5.74) is 7.72. The number of thiazole rings is 1. The molecule has 0 spiro atoms. The molecule has 3 aromatic rings. The van der Waals surface area contributed by atoms with Crippen molar-refractivity contribution in [3.8, 4) is 11.5 Å². The Bertz CT molecular complexity index is 886. The molecule has 1 heterocycles. The van der Waals surface area contributed by atoms with Crippen molar-refractivity contribution < 1.29 is 18.3 Å². The Morgan fingerprint density at radius 3 is 2.74 bits per heavy atom. The minimum absolute atomic E-state index is 0.0869. The molecule has 4 nitrogen and oxygen atoms in total. The lowest BCUT2D eigenvalue weighted by Gasteiger charge is -2.13. The SMILES string of the molecule is COc1cc(F)c(N)cc1OCc1c(F)cc(Cl)c2scnc12. The van der Waals surface area contributed by atoms with E-state index in [2.05, 4.69) is 4.98 Å². The molecule has 2 N–H and O–H groups in total. The first kappa shape index (κ1) is 15.8. The standard InChI is InChI=1S/C15H11ClF2N2O2S/c1-21-12-3-10(18)11(19)4-13(12)22-5-7-9(17)2-8(16)15-14(7)20-6-23-15/h2-4,6H,5,19H2,1H3. The van der Waals surface area contributed by atoms with Gasteiger partial charge in [-0.25, -0.2) is 13.8 Å². The van der Waals surface area contributed by atoms with Gasteiger partial charge in [0.2, 0.25) is 0 Å². The van der Waals surface area contributed by atoms with Gasteiger partial charge in [0.05, 0.1) is 39.1 Å². The van der Waals surface area contributed by atoms with E-state index >= 15 is 0 Å². The van der Waals surface area contributed by atoms with E-state index in [0.29, 0.717) is 15.2 Å². The fourth-order valence-corrected chi connectivity index (χ4v) is 3.16. The van der Waals surface area contributed by atoms with Crippen LogP contribution in [0.5, 0.6) is 11.5 Å². The fourth-order valence-electron chi connectivity index (χ4n) is 2.12. The van der Waals surface area contributed by atoms with Crippen molar-refractivity contribution in [2.24, 2.45) is 0 Å². The first-order valence-corrected chi connectivity index (χ1v) is 7.73. The van der Waals surface area contributed by atoms with Gasteiger partial charge in [0.25, 0.3) is 0 Å². The molecule has 1 aromatic heterocycles.